The van der Waals surface area contributed by atoms with Crippen molar-refractivity contribution in [1.82, 2.24) is 0 Å². The van der Waals surface area contributed by atoms with Gasteiger partial charge < -0.3 is 4.74 Å². The Kier molecular flexibility index (Phi) is 9.16. The fourth-order valence-corrected chi connectivity index (χ4v) is 4.65. The summed E-state index contributed by atoms with van der Waals surface area (Å²) in [5.41, 5.74) is 2.34. The van der Waals surface area contributed by atoms with Crippen LogP contribution in [0.4, 0.5) is 0 Å². The van der Waals surface area contributed by atoms with Gasteiger partial charge in [0.15, 0.2) is 0 Å². The van der Waals surface area contributed by atoms with Crippen molar-refractivity contribution in [3.63, 3.8) is 0 Å². The highest BCUT2D eigenvalue weighted by atomic mass is 16.5. The number of rotatable bonds is 10. The minimum Gasteiger partial charge on any atom is -0.423 e. The van der Waals surface area contributed by atoms with Gasteiger partial charge >= 0.3 is 5.97 Å². The van der Waals surface area contributed by atoms with E-state index in [2.05, 4.69) is 19.1 Å². The maximum Gasteiger partial charge on any atom is 0.343 e. The number of ether oxygens (including phenoxy) is 1. The van der Waals surface area contributed by atoms with Gasteiger partial charge in [-0.3, -0.25) is 0 Å². The lowest BCUT2D eigenvalue weighted by Crippen LogP contribution is -2.13. The van der Waals surface area contributed by atoms with E-state index in [1.165, 1.54) is 76.2 Å². The Hall–Kier alpha value is -2.60. The number of hydrogen-bond acceptors (Lipinski definition) is 3. The minimum atomic E-state index is -0.396. The van der Waals surface area contributed by atoms with Gasteiger partial charge in [0.1, 0.15) is 5.75 Å². The van der Waals surface area contributed by atoms with Gasteiger partial charge in [0.25, 0.3) is 0 Å². The Morgan fingerprint density at radius 2 is 1.55 bits per heavy atom. The van der Waals surface area contributed by atoms with E-state index in [0.717, 1.165) is 5.92 Å². The van der Waals surface area contributed by atoms with E-state index in [-0.39, 0.29) is 0 Å². The Labute approximate surface area is 187 Å². The Bertz CT molecular complexity index is 840. The van der Waals surface area contributed by atoms with Crippen LogP contribution < -0.4 is 4.74 Å². The van der Waals surface area contributed by atoms with Gasteiger partial charge in [-0.05, 0) is 79.5 Å². The molecule has 3 rings (SSSR count). The molecule has 2 aromatic rings. The largest absolute Gasteiger partial charge is 0.423 e. The van der Waals surface area contributed by atoms with Gasteiger partial charge in [-0.1, -0.05) is 64.0 Å². The molecule has 1 aliphatic rings. The zero-order valence-electron chi connectivity index (χ0n) is 18.8. The van der Waals surface area contributed by atoms with E-state index >= 15 is 0 Å². The minimum absolute atomic E-state index is 0.396. The smallest absolute Gasteiger partial charge is 0.343 e. The zero-order chi connectivity index (χ0) is 21.9. The maximum absolute atomic E-state index is 12.3. The van der Waals surface area contributed by atoms with Crippen molar-refractivity contribution in [2.45, 2.75) is 83.5 Å². The van der Waals surface area contributed by atoms with E-state index in [0.29, 0.717) is 22.8 Å². The highest BCUT2D eigenvalue weighted by molar-refractivity contribution is 5.91. The average molecular weight is 418 g/mol. The van der Waals surface area contributed by atoms with Crippen LogP contribution >= 0.6 is 0 Å². The Balaban J connectivity index is 1.41. The highest BCUT2D eigenvalue weighted by Crippen LogP contribution is 2.38. The number of benzene rings is 2. The van der Waals surface area contributed by atoms with Crippen molar-refractivity contribution >= 4 is 5.97 Å². The molecule has 0 aliphatic heterocycles. The fourth-order valence-electron chi connectivity index (χ4n) is 4.65. The average Bonchev–Trinajstić information content (AvgIpc) is 2.82. The first-order valence-corrected chi connectivity index (χ1v) is 12.0. The molecule has 1 aliphatic carbocycles. The molecule has 0 amide bonds. The van der Waals surface area contributed by atoms with E-state index in [4.69, 9.17) is 10.00 Å². The second kappa shape index (κ2) is 12.3. The van der Waals surface area contributed by atoms with Crippen LogP contribution in [0.2, 0.25) is 0 Å². The monoisotopic (exact) mass is 417 g/mol. The summed E-state index contributed by atoms with van der Waals surface area (Å²) in [6.45, 7) is 2.27. The SMILES string of the molecule is CCCCCCCCC1CCC(c2ccc(OC(=O)c3ccc(C#N)cc3)cc2)CC1. The molecule has 0 unspecified atom stereocenters. The molecule has 31 heavy (non-hydrogen) atoms. The zero-order valence-corrected chi connectivity index (χ0v) is 18.8. The maximum atomic E-state index is 12.3. The molecule has 1 saturated carbocycles. The van der Waals surface area contributed by atoms with Crippen molar-refractivity contribution in [1.29, 1.82) is 5.26 Å². The van der Waals surface area contributed by atoms with Crippen LogP contribution in [-0.2, 0) is 0 Å². The Morgan fingerprint density at radius 1 is 0.903 bits per heavy atom. The van der Waals surface area contributed by atoms with E-state index in [1.807, 2.05) is 18.2 Å². The summed E-state index contributed by atoms with van der Waals surface area (Å²) in [4.78, 5) is 12.3. The summed E-state index contributed by atoms with van der Waals surface area (Å²) in [7, 11) is 0. The summed E-state index contributed by atoms with van der Waals surface area (Å²) >= 11 is 0. The molecule has 0 spiro atoms. The Morgan fingerprint density at radius 3 is 2.19 bits per heavy atom. The van der Waals surface area contributed by atoms with Crippen molar-refractivity contribution in [2.75, 3.05) is 0 Å². The van der Waals surface area contributed by atoms with Crippen LogP contribution in [0.1, 0.15) is 105 Å². The summed E-state index contributed by atoms with van der Waals surface area (Å²) < 4.78 is 5.49. The third-order valence-corrected chi connectivity index (χ3v) is 6.62. The molecule has 1 fully saturated rings. The quantitative estimate of drug-likeness (QED) is 0.225. The van der Waals surface area contributed by atoms with Crippen LogP contribution in [0.5, 0.6) is 5.75 Å². The number of esters is 1. The molecule has 164 valence electrons. The molecule has 3 heteroatoms. The van der Waals surface area contributed by atoms with E-state index < -0.39 is 5.97 Å². The van der Waals surface area contributed by atoms with Gasteiger partial charge in [0, 0.05) is 0 Å². The van der Waals surface area contributed by atoms with Gasteiger partial charge in [0.05, 0.1) is 17.2 Å². The van der Waals surface area contributed by atoms with Gasteiger partial charge in [0.2, 0.25) is 0 Å². The molecular weight excluding hydrogens is 382 g/mol. The third-order valence-electron chi connectivity index (χ3n) is 6.62. The van der Waals surface area contributed by atoms with Crippen molar-refractivity contribution in [3.8, 4) is 11.8 Å². The third kappa shape index (κ3) is 7.24. The van der Waals surface area contributed by atoms with Crippen molar-refractivity contribution < 1.29 is 9.53 Å². The number of nitrogens with zero attached hydrogens (tertiary/aromatic N) is 1. The number of unbranched alkanes of at least 4 members (excludes halogenated alkanes) is 5. The predicted octanol–water partition coefficient (Wildman–Crippen LogP) is 7.80. The van der Waals surface area contributed by atoms with E-state index in [1.54, 1.807) is 24.3 Å². The highest BCUT2D eigenvalue weighted by Gasteiger charge is 2.22. The molecule has 2 aromatic carbocycles. The van der Waals surface area contributed by atoms with Crippen LogP contribution in [0, 0.1) is 17.2 Å². The topological polar surface area (TPSA) is 50.1 Å². The van der Waals surface area contributed by atoms with Gasteiger partial charge in [-0.25, -0.2) is 4.79 Å². The molecule has 0 N–H and O–H groups in total. The van der Waals surface area contributed by atoms with Gasteiger partial charge in [-0.15, -0.1) is 0 Å². The predicted molar refractivity (Wildman–Crippen MR) is 125 cm³/mol. The van der Waals surface area contributed by atoms with E-state index in [9.17, 15) is 4.79 Å². The summed E-state index contributed by atoms with van der Waals surface area (Å²) in [5.74, 6) is 1.71. The molecule has 0 atom stereocenters. The first-order valence-electron chi connectivity index (χ1n) is 12.0. The fraction of sp³-hybridized carbons (Fsp3) is 0.500. The number of carbonyl (C=O) groups is 1. The molecule has 0 heterocycles. The molecule has 0 saturated heterocycles. The van der Waals surface area contributed by atoms with Crippen LogP contribution in [0.25, 0.3) is 0 Å². The van der Waals surface area contributed by atoms with Crippen molar-refractivity contribution in [2.24, 2.45) is 5.92 Å². The number of hydrogen-bond donors (Lipinski definition) is 0. The molecular formula is C28H35NO2. The standard InChI is InChI=1S/C28H35NO2/c1-2-3-4-5-6-7-8-22-9-13-24(14-10-22)25-17-19-27(20-18-25)31-28(30)26-15-11-23(21-29)12-16-26/h11-12,15-20,22,24H,2-10,13-14H2,1H3. The second-order valence-corrected chi connectivity index (χ2v) is 8.92. The lowest BCUT2D eigenvalue weighted by atomic mass is 9.77. The molecule has 0 bridgehead atoms. The normalized spacial score (nSPS) is 18.3. The number of nitriles is 1. The molecule has 0 radical (unpaired) electrons. The van der Waals surface area contributed by atoms with Crippen LogP contribution in [0.15, 0.2) is 48.5 Å². The lowest BCUT2D eigenvalue weighted by Gasteiger charge is -2.29. The summed E-state index contributed by atoms with van der Waals surface area (Å²) in [5, 5.41) is 8.86. The molecule has 0 aromatic heterocycles. The second-order valence-electron chi connectivity index (χ2n) is 8.92. The first-order chi connectivity index (χ1) is 15.2. The first kappa shape index (κ1) is 23.1. The lowest BCUT2D eigenvalue weighted by molar-refractivity contribution is 0.0734. The van der Waals surface area contributed by atoms with Gasteiger partial charge in [-0.2, -0.15) is 5.26 Å². The molecule has 3 nitrogen and oxygen atoms in total. The van der Waals surface area contributed by atoms with Crippen molar-refractivity contribution in [3.05, 3.63) is 65.2 Å². The summed E-state index contributed by atoms with van der Waals surface area (Å²) in [6.07, 6.45) is 15.0. The van der Waals surface area contributed by atoms with Crippen LogP contribution in [-0.4, -0.2) is 5.97 Å². The number of carbonyl (C=O) groups excluding carboxylic acids is 1. The summed E-state index contributed by atoms with van der Waals surface area (Å²) in [6, 6.07) is 16.6. The van der Waals surface area contributed by atoms with Crippen LogP contribution in [0.3, 0.4) is 0 Å².